The highest BCUT2D eigenvalue weighted by Crippen LogP contribution is 2.32. The van der Waals surface area contributed by atoms with E-state index in [9.17, 15) is 26.4 Å². The Hall–Kier alpha value is -1.85. The Bertz CT molecular complexity index is 853. The molecule has 1 unspecified atom stereocenters. The lowest BCUT2D eigenvalue weighted by Crippen LogP contribution is -2.32. The second-order valence-electron chi connectivity index (χ2n) is 6.09. The molecule has 12 heteroatoms. The molecular formula is C15H16ClF3N2O5S. The summed E-state index contributed by atoms with van der Waals surface area (Å²) in [6.45, 7) is 0.384. The van der Waals surface area contributed by atoms with Gasteiger partial charge < -0.3 is 4.74 Å². The number of carbonyl (C=O) groups excluding carboxylic acids is 1. The van der Waals surface area contributed by atoms with E-state index in [1.807, 2.05) is 0 Å². The molecule has 0 radical (unpaired) electrons. The molecule has 7 nitrogen and oxygen atoms in total. The third kappa shape index (κ3) is 6.08. The van der Waals surface area contributed by atoms with Gasteiger partial charge in [-0.25, -0.2) is 18.6 Å². The minimum Gasteiger partial charge on any atom is -0.483 e. The molecule has 2 N–H and O–H groups in total. The van der Waals surface area contributed by atoms with E-state index in [0.717, 1.165) is 6.07 Å². The molecule has 0 aliphatic carbocycles. The van der Waals surface area contributed by atoms with Crippen LogP contribution in [-0.4, -0.2) is 42.9 Å². The molecule has 0 aromatic heterocycles. The van der Waals surface area contributed by atoms with Crippen LogP contribution < -0.4 is 10.2 Å². The molecule has 0 fully saturated rings. The molecule has 1 aliphatic rings. The van der Waals surface area contributed by atoms with Gasteiger partial charge in [-0.2, -0.15) is 13.5 Å². The molecule has 27 heavy (non-hydrogen) atoms. The van der Waals surface area contributed by atoms with Gasteiger partial charge in [-0.05, 0) is 12.1 Å². The Balaban J connectivity index is 2.14. The van der Waals surface area contributed by atoms with Crippen molar-refractivity contribution in [1.82, 2.24) is 5.43 Å². The smallest absolute Gasteiger partial charge is 0.282 e. The molecule has 1 atom stereocenters. The zero-order valence-electron chi connectivity index (χ0n) is 14.0. The van der Waals surface area contributed by atoms with Gasteiger partial charge >= 0.3 is 0 Å². The van der Waals surface area contributed by atoms with Crippen molar-refractivity contribution >= 4 is 33.3 Å². The highest BCUT2D eigenvalue weighted by atomic mass is 35.5. The summed E-state index contributed by atoms with van der Waals surface area (Å²) in [5.41, 5.74) is 2.90. The topological polar surface area (TPSA) is 105 Å². The number of ether oxygens (including phenoxy) is 1. The second kappa shape index (κ2) is 8.03. The van der Waals surface area contributed by atoms with Gasteiger partial charge in [0.15, 0.2) is 18.2 Å². The monoisotopic (exact) mass is 428 g/mol. The third-order valence-corrected chi connectivity index (χ3v) is 4.71. The minimum absolute atomic E-state index is 0.149. The first-order chi connectivity index (χ1) is 12.4. The quantitative estimate of drug-likeness (QED) is 0.649. The molecule has 0 spiro atoms. The lowest BCUT2D eigenvalue weighted by molar-refractivity contribution is -0.121. The maximum Gasteiger partial charge on any atom is 0.282 e. The van der Waals surface area contributed by atoms with Gasteiger partial charge in [0.1, 0.15) is 0 Å². The molecule has 0 saturated heterocycles. The minimum atomic E-state index is -4.56. The number of benzene rings is 1. The lowest BCUT2D eigenvalue weighted by Gasteiger charge is -2.21. The van der Waals surface area contributed by atoms with E-state index >= 15 is 0 Å². The van der Waals surface area contributed by atoms with E-state index in [1.165, 1.54) is 6.07 Å². The predicted octanol–water partition coefficient (Wildman–Crippen LogP) is 2.63. The van der Waals surface area contributed by atoms with E-state index in [-0.39, 0.29) is 28.8 Å². The first kappa shape index (κ1) is 21.5. The van der Waals surface area contributed by atoms with Gasteiger partial charge in [-0.1, -0.05) is 18.5 Å². The van der Waals surface area contributed by atoms with Crippen molar-refractivity contribution < 1.29 is 35.7 Å². The molecular weight excluding hydrogens is 413 g/mol. The van der Waals surface area contributed by atoms with E-state index < -0.39 is 46.4 Å². The van der Waals surface area contributed by atoms with Crippen LogP contribution >= 0.6 is 11.6 Å². The number of nitrogens with zero attached hydrogens (tertiary/aromatic N) is 1. The van der Waals surface area contributed by atoms with Crippen molar-refractivity contribution in [2.45, 2.75) is 25.7 Å². The number of hydrazone groups is 1. The Morgan fingerprint density at radius 2 is 2.11 bits per heavy atom. The zero-order chi connectivity index (χ0) is 20.4. The van der Waals surface area contributed by atoms with Crippen LogP contribution in [-0.2, 0) is 14.9 Å². The lowest BCUT2D eigenvalue weighted by atomic mass is 9.94. The highest BCUT2D eigenvalue weighted by molar-refractivity contribution is 7.85. The number of hydrogen-bond donors (Lipinski definition) is 2. The fourth-order valence-corrected chi connectivity index (χ4v) is 3.20. The molecule has 1 aromatic carbocycles. The van der Waals surface area contributed by atoms with Crippen LogP contribution in [0.5, 0.6) is 5.75 Å². The number of carbonyl (C=O) groups is 1. The molecule has 150 valence electrons. The fourth-order valence-electron chi connectivity index (χ4n) is 2.38. The normalized spacial score (nSPS) is 18.1. The summed E-state index contributed by atoms with van der Waals surface area (Å²) in [5, 5.41) is 3.57. The van der Waals surface area contributed by atoms with Crippen LogP contribution in [0.25, 0.3) is 0 Å². The van der Waals surface area contributed by atoms with Gasteiger partial charge in [0, 0.05) is 24.3 Å². The number of amides is 1. The predicted molar refractivity (Wildman–Crippen MR) is 91.3 cm³/mol. The number of nitrogens with one attached hydrogen (secondary N) is 1. The van der Waals surface area contributed by atoms with Crippen molar-refractivity contribution in [2.75, 3.05) is 12.4 Å². The molecule has 2 rings (SSSR count). The fraction of sp³-hybridized carbons (Fsp3) is 0.467. The van der Waals surface area contributed by atoms with Crippen LogP contribution in [0.4, 0.5) is 13.2 Å². The van der Waals surface area contributed by atoms with Gasteiger partial charge in [0.2, 0.25) is 5.91 Å². The Labute approximate surface area is 158 Å². The van der Waals surface area contributed by atoms with E-state index in [0.29, 0.717) is 5.71 Å². The zero-order valence-corrected chi connectivity index (χ0v) is 15.6. The summed E-state index contributed by atoms with van der Waals surface area (Å²) in [6.07, 6.45) is -1.05. The third-order valence-electron chi connectivity index (χ3n) is 3.71. The Morgan fingerprint density at radius 1 is 1.44 bits per heavy atom. The van der Waals surface area contributed by atoms with E-state index in [2.05, 4.69) is 10.5 Å². The first-order valence-corrected chi connectivity index (χ1v) is 9.68. The van der Waals surface area contributed by atoms with Crippen LogP contribution in [0.2, 0.25) is 5.02 Å². The van der Waals surface area contributed by atoms with Crippen LogP contribution in [0.1, 0.15) is 25.3 Å². The number of hydrogen-bond acceptors (Lipinski definition) is 5. The maximum absolute atomic E-state index is 14.3. The average molecular weight is 429 g/mol. The standard InChI is InChI=1S/C15H16ClF3N2O5S/c1-8-4-12(22)20-21-13(8)9-5-10(16)14(11(17)6-9)26-7-15(18,19)2-3-27(23,24)25/h5-6,8H,2-4,7H2,1H3,(H,20,22)(H,23,24,25). The summed E-state index contributed by atoms with van der Waals surface area (Å²) in [6, 6.07) is 2.26. The highest BCUT2D eigenvalue weighted by Gasteiger charge is 2.33. The van der Waals surface area contributed by atoms with Gasteiger partial charge in [-0.3, -0.25) is 9.35 Å². The summed E-state index contributed by atoms with van der Waals surface area (Å²) < 4.78 is 75.9. The molecule has 0 saturated carbocycles. The van der Waals surface area contributed by atoms with Gasteiger partial charge in [0.05, 0.1) is 16.5 Å². The Morgan fingerprint density at radius 3 is 2.67 bits per heavy atom. The molecule has 1 amide bonds. The molecule has 1 aliphatic heterocycles. The largest absolute Gasteiger partial charge is 0.483 e. The van der Waals surface area contributed by atoms with Gasteiger partial charge in [-0.15, -0.1) is 0 Å². The first-order valence-electron chi connectivity index (χ1n) is 7.69. The van der Waals surface area contributed by atoms with Crippen LogP contribution in [0.15, 0.2) is 17.2 Å². The number of alkyl halides is 2. The summed E-state index contributed by atoms with van der Waals surface area (Å²) >= 11 is 5.92. The maximum atomic E-state index is 14.3. The number of halogens is 4. The summed E-state index contributed by atoms with van der Waals surface area (Å²) in [4.78, 5) is 11.3. The van der Waals surface area contributed by atoms with Crippen molar-refractivity contribution in [2.24, 2.45) is 11.0 Å². The van der Waals surface area contributed by atoms with E-state index in [4.69, 9.17) is 20.9 Å². The van der Waals surface area contributed by atoms with E-state index in [1.54, 1.807) is 6.92 Å². The van der Waals surface area contributed by atoms with Crippen LogP contribution in [0.3, 0.4) is 0 Å². The molecule has 1 aromatic rings. The average Bonchev–Trinajstić information content (AvgIpc) is 2.51. The van der Waals surface area contributed by atoms with Gasteiger partial charge in [0.25, 0.3) is 16.0 Å². The molecule has 0 bridgehead atoms. The Kier molecular flexibility index (Phi) is 6.38. The van der Waals surface area contributed by atoms with Crippen molar-refractivity contribution in [3.05, 3.63) is 28.5 Å². The SMILES string of the molecule is CC1CC(=O)NN=C1c1cc(F)c(OCC(F)(F)CCS(=O)(=O)O)c(Cl)c1. The van der Waals surface area contributed by atoms with Crippen molar-refractivity contribution in [3.63, 3.8) is 0 Å². The summed E-state index contributed by atoms with van der Waals surface area (Å²) in [5.74, 6) is -7.02. The van der Waals surface area contributed by atoms with Crippen molar-refractivity contribution in [3.8, 4) is 5.75 Å². The summed E-state index contributed by atoms with van der Waals surface area (Å²) in [7, 11) is -4.56. The molecule has 1 heterocycles. The van der Waals surface area contributed by atoms with Crippen LogP contribution in [0, 0.1) is 11.7 Å². The second-order valence-corrected chi connectivity index (χ2v) is 8.07. The number of rotatable bonds is 7. The van der Waals surface area contributed by atoms with Crippen molar-refractivity contribution in [1.29, 1.82) is 0 Å².